The molecule has 27 heavy (non-hydrogen) atoms. The monoisotopic (exact) mass is 367 g/mol. The number of amides is 1. The van der Waals surface area contributed by atoms with Crippen molar-refractivity contribution < 1.29 is 9.21 Å². The standard InChI is InChI=1S/C19H21N5O3/c1-11-14(15-18(26)22-10-23-19(15)27-11)17(25)21-9-3-5-13-7-6-12-4-2-8-20-16(12)24-13/h6-7,10H,2-5,8-9H2,1H3,(H,20,24)(H,21,25)(H,22,23,26). The fourth-order valence-electron chi connectivity index (χ4n) is 3.39. The van der Waals surface area contributed by atoms with Crippen LogP contribution in [0.25, 0.3) is 11.1 Å². The number of carbonyl (C=O) groups is 1. The molecule has 3 N–H and O–H groups in total. The first kappa shape index (κ1) is 17.3. The summed E-state index contributed by atoms with van der Waals surface area (Å²) in [4.78, 5) is 35.6. The lowest BCUT2D eigenvalue weighted by Gasteiger charge is -2.17. The number of aromatic nitrogens is 3. The zero-order chi connectivity index (χ0) is 18.8. The maximum absolute atomic E-state index is 12.5. The normalized spacial score (nSPS) is 13.2. The molecule has 4 rings (SSSR count). The highest BCUT2D eigenvalue weighted by Crippen LogP contribution is 2.21. The highest BCUT2D eigenvalue weighted by Gasteiger charge is 2.21. The van der Waals surface area contributed by atoms with Crippen molar-refractivity contribution >= 4 is 22.8 Å². The molecule has 0 saturated carbocycles. The Labute approximate surface area is 155 Å². The van der Waals surface area contributed by atoms with Gasteiger partial charge in [-0.2, -0.15) is 0 Å². The second-order valence-electron chi connectivity index (χ2n) is 6.65. The zero-order valence-electron chi connectivity index (χ0n) is 15.1. The van der Waals surface area contributed by atoms with E-state index < -0.39 is 0 Å². The number of carbonyl (C=O) groups excluding carboxylic acids is 1. The molecule has 0 unspecified atom stereocenters. The van der Waals surface area contributed by atoms with E-state index in [0.29, 0.717) is 12.3 Å². The fraction of sp³-hybridized carbons (Fsp3) is 0.368. The van der Waals surface area contributed by atoms with E-state index in [2.05, 4.69) is 31.7 Å². The minimum Gasteiger partial charge on any atom is -0.442 e. The van der Waals surface area contributed by atoms with Crippen LogP contribution in [0.3, 0.4) is 0 Å². The average Bonchev–Trinajstić information content (AvgIpc) is 3.02. The van der Waals surface area contributed by atoms with Gasteiger partial charge in [0.25, 0.3) is 11.5 Å². The third kappa shape index (κ3) is 3.42. The lowest BCUT2D eigenvalue weighted by atomic mass is 10.1. The number of rotatable bonds is 5. The lowest BCUT2D eigenvalue weighted by Crippen LogP contribution is -2.26. The molecule has 0 bridgehead atoms. The Hall–Kier alpha value is -3.16. The van der Waals surface area contributed by atoms with E-state index in [0.717, 1.165) is 43.7 Å². The molecule has 1 aliphatic heterocycles. The van der Waals surface area contributed by atoms with Gasteiger partial charge in [0.1, 0.15) is 17.0 Å². The highest BCUT2D eigenvalue weighted by molar-refractivity contribution is 6.06. The molecule has 0 saturated heterocycles. The molecule has 0 aliphatic carbocycles. The van der Waals surface area contributed by atoms with Crippen LogP contribution in [0.15, 0.2) is 27.7 Å². The quantitative estimate of drug-likeness (QED) is 0.594. The van der Waals surface area contributed by atoms with Crippen molar-refractivity contribution in [2.45, 2.75) is 32.6 Å². The summed E-state index contributed by atoms with van der Waals surface area (Å²) in [6.45, 7) is 3.10. The number of pyridine rings is 1. The maximum atomic E-state index is 12.5. The van der Waals surface area contributed by atoms with E-state index in [1.54, 1.807) is 6.92 Å². The molecular weight excluding hydrogens is 346 g/mol. The minimum atomic E-state index is -0.382. The Morgan fingerprint density at radius 2 is 2.26 bits per heavy atom. The SMILES string of the molecule is Cc1oc2nc[nH]c(=O)c2c1C(=O)NCCCc1ccc2c(n1)NCCC2. The van der Waals surface area contributed by atoms with Gasteiger partial charge in [0, 0.05) is 18.8 Å². The first-order valence-corrected chi connectivity index (χ1v) is 9.11. The number of nitrogens with one attached hydrogen (secondary N) is 3. The molecular formula is C19H21N5O3. The number of furan rings is 1. The van der Waals surface area contributed by atoms with Crippen molar-refractivity contribution in [3.05, 3.63) is 51.4 Å². The van der Waals surface area contributed by atoms with Crippen LogP contribution < -0.4 is 16.2 Å². The van der Waals surface area contributed by atoms with Crippen LogP contribution in [0.2, 0.25) is 0 Å². The van der Waals surface area contributed by atoms with Crippen LogP contribution in [0.1, 0.15) is 40.2 Å². The predicted molar refractivity (Wildman–Crippen MR) is 101 cm³/mol. The number of hydrogen-bond donors (Lipinski definition) is 3. The van der Waals surface area contributed by atoms with Gasteiger partial charge in [-0.3, -0.25) is 9.59 Å². The molecule has 8 heteroatoms. The number of fused-ring (bicyclic) bond motifs is 2. The summed E-state index contributed by atoms with van der Waals surface area (Å²) in [7, 11) is 0. The van der Waals surface area contributed by atoms with Crippen LogP contribution in [-0.2, 0) is 12.8 Å². The van der Waals surface area contributed by atoms with Crippen molar-refractivity contribution in [1.29, 1.82) is 0 Å². The summed E-state index contributed by atoms with van der Waals surface area (Å²) < 4.78 is 5.42. The van der Waals surface area contributed by atoms with Crippen LogP contribution >= 0.6 is 0 Å². The van der Waals surface area contributed by atoms with Crippen LogP contribution in [-0.4, -0.2) is 33.9 Å². The summed E-state index contributed by atoms with van der Waals surface area (Å²) in [6.07, 6.45) is 4.98. The third-order valence-corrected chi connectivity index (χ3v) is 4.74. The molecule has 0 fully saturated rings. The van der Waals surface area contributed by atoms with E-state index in [1.807, 2.05) is 6.07 Å². The smallest absolute Gasteiger partial charge is 0.262 e. The number of hydrogen-bond acceptors (Lipinski definition) is 6. The molecule has 3 aromatic rings. The van der Waals surface area contributed by atoms with Crippen molar-refractivity contribution in [3.63, 3.8) is 0 Å². The van der Waals surface area contributed by atoms with E-state index >= 15 is 0 Å². The summed E-state index contributed by atoms with van der Waals surface area (Å²) in [5.74, 6) is 1.04. The minimum absolute atomic E-state index is 0.173. The third-order valence-electron chi connectivity index (χ3n) is 4.74. The van der Waals surface area contributed by atoms with Crippen LogP contribution in [0, 0.1) is 6.92 Å². The van der Waals surface area contributed by atoms with Crippen molar-refractivity contribution in [2.24, 2.45) is 0 Å². The van der Waals surface area contributed by atoms with Gasteiger partial charge in [0.15, 0.2) is 0 Å². The van der Waals surface area contributed by atoms with Crippen molar-refractivity contribution in [1.82, 2.24) is 20.3 Å². The van der Waals surface area contributed by atoms with Gasteiger partial charge < -0.3 is 20.0 Å². The topological polar surface area (TPSA) is 113 Å². The van der Waals surface area contributed by atoms with Gasteiger partial charge in [-0.25, -0.2) is 9.97 Å². The largest absolute Gasteiger partial charge is 0.442 e. The van der Waals surface area contributed by atoms with Gasteiger partial charge >= 0.3 is 0 Å². The highest BCUT2D eigenvalue weighted by atomic mass is 16.3. The number of H-pyrrole nitrogens is 1. The fourth-order valence-corrected chi connectivity index (χ4v) is 3.39. The zero-order valence-corrected chi connectivity index (χ0v) is 15.1. The Bertz CT molecular complexity index is 1050. The Morgan fingerprint density at radius 3 is 3.15 bits per heavy atom. The molecule has 0 atom stereocenters. The number of aryl methyl sites for hydroxylation is 3. The second kappa shape index (κ2) is 7.22. The Balaban J connectivity index is 1.38. The summed E-state index contributed by atoms with van der Waals surface area (Å²) in [5.41, 5.74) is 2.30. The molecule has 0 aromatic carbocycles. The van der Waals surface area contributed by atoms with Crippen molar-refractivity contribution in [3.8, 4) is 0 Å². The second-order valence-corrected chi connectivity index (χ2v) is 6.65. The van der Waals surface area contributed by atoms with Gasteiger partial charge in [0.2, 0.25) is 5.71 Å². The predicted octanol–water partition coefficient (Wildman–Crippen LogP) is 1.94. The van der Waals surface area contributed by atoms with Crippen LogP contribution in [0.4, 0.5) is 5.82 Å². The summed E-state index contributed by atoms with van der Waals surface area (Å²) in [5, 5.41) is 6.37. The number of nitrogens with zero attached hydrogens (tertiary/aromatic N) is 2. The lowest BCUT2D eigenvalue weighted by molar-refractivity contribution is 0.0953. The van der Waals surface area contributed by atoms with Crippen LogP contribution in [0.5, 0.6) is 0 Å². The van der Waals surface area contributed by atoms with E-state index in [4.69, 9.17) is 4.42 Å². The molecule has 0 radical (unpaired) electrons. The first-order chi connectivity index (χ1) is 13.1. The Morgan fingerprint density at radius 1 is 1.37 bits per heavy atom. The van der Waals surface area contributed by atoms with E-state index in [1.165, 1.54) is 11.9 Å². The van der Waals surface area contributed by atoms with E-state index in [9.17, 15) is 9.59 Å². The Kier molecular flexibility index (Phi) is 4.62. The number of aromatic amines is 1. The summed E-state index contributed by atoms with van der Waals surface area (Å²) >= 11 is 0. The molecule has 4 heterocycles. The molecule has 1 amide bonds. The molecule has 0 spiro atoms. The molecule has 140 valence electrons. The average molecular weight is 367 g/mol. The van der Waals surface area contributed by atoms with Crippen molar-refractivity contribution in [2.75, 3.05) is 18.4 Å². The van der Waals surface area contributed by atoms with Gasteiger partial charge in [0.05, 0.1) is 11.9 Å². The maximum Gasteiger partial charge on any atom is 0.262 e. The molecule has 1 aliphatic rings. The summed E-state index contributed by atoms with van der Waals surface area (Å²) in [6, 6.07) is 4.18. The van der Waals surface area contributed by atoms with Gasteiger partial charge in [-0.15, -0.1) is 0 Å². The van der Waals surface area contributed by atoms with Gasteiger partial charge in [-0.05, 0) is 44.2 Å². The molecule has 3 aromatic heterocycles. The van der Waals surface area contributed by atoms with Gasteiger partial charge in [-0.1, -0.05) is 6.07 Å². The first-order valence-electron chi connectivity index (χ1n) is 9.11. The number of anilines is 1. The van der Waals surface area contributed by atoms with E-state index in [-0.39, 0.29) is 28.1 Å². The molecule has 8 nitrogen and oxygen atoms in total.